The van der Waals surface area contributed by atoms with Crippen molar-refractivity contribution in [2.24, 2.45) is 5.92 Å². The number of sulfonamides is 1. The van der Waals surface area contributed by atoms with Crippen LogP contribution >= 0.6 is 11.3 Å². The van der Waals surface area contributed by atoms with E-state index in [0.717, 1.165) is 10.4 Å². The number of aromatic nitrogens is 1. The zero-order chi connectivity index (χ0) is 17.7. The Morgan fingerprint density at radius 1 is 1.29 bits per heavy atom. The van der Waals surface area contributed by atoms with Gasteiger partial charge in [-0.1, -0.05) is 19.9 Å². The monoisotopic (exact) mass is 367 g/mol. The van der Waals surface area contributed by atoms with Crippen molar-refractivity contribution in [3.63, 3.8) is 0 Å². The molecule has 2 heterocycles. The van der Waals surface area contributed by atoms with E-state index in [-0.39, 0.29) is 16.0 Å². The highest BCUT2D eigenvalue weighted by atomic mass is 32.2. The smallest absolute Gasteiger partial charge is 0.250 e. The van der Waals surface area contributed by atoms with Gasteiger partial charge in [-0.3, -0.25) is 9.78 Å². The number of amides is 1. The van der Waals surface area contributed by atoms with E-state index in [2.05, 4.69) is 15.0 Å². The number of nitrogens with one attached hydrogen (secondary N) is 2. The highest BCUT2D eigenvalue weighted by Gasteiger charge is 2.28. The average Bonchev–Trinajstić information content (AvgIpc) is 2.98. The van der Waals surface area contributed by atoms with Crippen LogP contribution in [-0.4, -0.2) is 25.4 Å². The summed E-state index contributed by atoms with van der Waals surface area (Å²) < 4.78 is 27.6. The molecule has 0 fully saturated rings. The number of rotatable bonds is 7. The molecule has 0 unspecified atom stereocenters. The van der Waals surface area contributed by atoms with Gasteiger partial charge in [-0.2, -0.15) is 4.72 Å². The maximum absolute atomic E-state index is 12.4. The Labute approximate surface area is 146 Å². The molecule has 0 aliphatic rings. The van der Waals surface area contributed by atoms with Crippen LogP contribution in [-0.2, 0) is 21.4 Å². The molecule has 8 heteroatoms. The fraction of sp³-hybridized carbons (Fsp3) is 0.375. The molecular weight excluding hydrogens is 346 g/mol. The maximum atomic E-state index is 12.4. The molecule has 0 saturated heterocycles. The lowest BCUT2D eigenvalue weighted by Crippen LogP contribution is -2.49. The SMILES string of the molecule is Cc1ccc(S(=O)(=O)N[C@H](C(=O)NCc2cccnc2)C(C)C)s1. The van der Waals surface area contributed by atoms with Crippen LogP contribution in [0.5, 0.6) is 0 Å². The fourth-order valence-corrected chi connectivity index (χ4v) is 4.72. The summed E-state index contributed by atoms with van der Waals surface area (Å²) in [4.78, 5) is 17.3. The molecule has 1 amide bonds. The van der Waals surface area contributed by atoms with Crippen molar-refractivity contribution in [1.82, 2.24) is 15.0 Å². The third-order valence-electron chi connectivity index (χ3n) is 3.40. The minimum Gasteiger partial charge on any atom is -0.351 e. The molecule has 0 aliphatic carbocycles. The van der Waals surface area contributed by atoms with Gasteiger partial charge in [-0.15, -0.1) is 11.3 Å². The number of carbonyl (C=O) groups excluding carboxylic acids is 1. The van der Waals surface area contributed by atoms with Gasteiger partial charge in [-0.25, -0.2) is 8.42 Å². The average molecular weight is 367 g/mol. The number of pyridine rings is 1. The number of thiophene rings is 1. The summed E-state index contributed by atoms with van der Waals surface area (Å²) in [5, 5.41) is 2.76. The minimum absolute atomic E-state index is 0.185. The summed E-state index contributed by atoms with van der Waals surface area (Å²) in [7, 11) is -3.72. The van der Waals surface area contributed by atoms with Crippen molar-refractivity contribution in [1.29, 1.82) is 0 Å². The van der Waals surface area contributed by atoms with Crippen molar-refractivity contribution in [2.75, 3.05) is 0 Å². The highest BCUT2D eigenvalue weighted by Crippen LogP contribution is 2.21. The third-order valence-corrected chi connectivity index (χ3v) is 6.33. The van der Waals surface area contributed by atoms with Crippen LogP contribution in [0.15, 0.2) is 40.9 Å². The molecule has 24 heavy (non-hydrogen) atoms. The first-order chi connectivity index (χ1) is 11.3. The van der Waals surface area contributed by atoms with Gasteiger partial charge in [-0.05, 0) is 36.6 Å². The number of hydrogen-bond acceptors (Lipinski definition) is 5. The molecule has 0 radical (unpaired) electrons. The van der Waals surface area contributed by atoms with Crippen LogP contribution in [0.1, 0.15) is 24.3 Å². The van der Waals surface area contributed by atoms with Crippen LogP contribution in [0.3, 0.4) is 0 Å². The molecule has 2 N–H and O–H groups in total. The molecule has 0 saturated carbocycles. The number of hydrogen-bond donors (Lipinski definition) is 2. The molecule has 0 aliphatic heterocycles. The largest absolute Gasteiger partial charge is 0.351 e. The first-order valence-electron chi connectivity index (χ1n) is 7.55. The minimum atomic E-state index is -3.72. The second-order valence-electron chi connectivity index (χ2n) is 5.79. The second kappa shape index (κ2) is 7.87. The molecule has 0 spiro atoms. The zero-order valence-electron chi connectivity index (χ0n) is 13.8. The van der Waals surface area contributed by atoms with Crippen LogP contribution < -0.4 is 10.0 Å². The Kier molecular flexibility index (Phi) is 6.09. The molecule has 2 aromatic rings. The van der Waals surface area contributed by atoms with Gasteiger partial charge in [0.15, 0.2) is 0 Å². The summed E-state index contributed by atoms with van der Waals surface area (Å²) in [6, 6.07) is 6.08. The molecule has 2 rings (SSSR count). The van der Waals surface area contributed by atoms with Gasteiger partial charge in [0.1, 0.15) is 10.3 Å². The Balaban J connectivity index is 2.07. The molecular formula is C16H21N3O3S2. The number of nitrogens with zero attached hydrogens (tertiary/aromatic N) is 1. The maximum Gasteiger partial charge on any atom is 0.250 e. The zero-order valence-corrected chi connectivity index (χ0v) is 15.4. The van der Waals surface area contributed by atoms with Gasteiger partial charge in [0, 0.05) is 23.8 Å². The van der Waals surface area contributed by atoms with Crippen molar-refractivity contribution in [3.8, 4) is 0 Å². The Hall–Kier alpha value is -1.77. The fourth-order valence-electron chi connectivity index (χ4n) is 2.08. The van der Waals surface area contributed by atoms with E-state index in [1.165, 1.54) is 11.3 Å². The lowest BCUT2D eigenvalue weighted by atomic mass is 10.0. The Morgan fingerprint density at radius 2 is 2.04 bits per heavy atom. The molecule has 1 atom stereocenters. The number of carbonyl (C=O) groups is 1. The summed E-state index contributed by atoms with van der Waals surface area (Å²) in [5.41, 5.74) is 0.852. The Morgan fingerprint density at radius 3 is 2.58 bits per heavy atom. The van der Waals surface area contributed by atoms with E-state index in [1.54, 1.807) is 44.4 Å². The quantitative estimate of drug-likeness (QED) is 0.784. The standard InChI is InChI=1S/C16H21N3O3S2/c1-11(2)15(16(20)18-10-13-5-4-8-17-9-13)19-24(21,22)14-7-6-12(3)23-14/h4-9,11,15,19H,10H2,1-3H3,(H,18,20)/t15-/m0/s1. The van der Waals surface area contributed by atoms with Gasteiger partial charge < -0.3 is 5.32 Å². The number of aryl methyl sites for hydroxylation is 1. The molecule has 0 bridgehead atoms. The molecule has 2 aromatic heterocycles. The van der Waals surface area contributed by atoms with Crippen molar-refractivity contribution >= 4 is 27.3 Å². The first-order valence-corrected chi connectivity index (χ1v) is 9.85. The van der Waals surface area contributed by atoms with Crippen molar-refractivity contribution in [2.45, 2.75) is 37.6 Å². The summed E-state index contributed by atoms with van der Waals surface area (Å²) >= 11 is 1.18. The van der Waals surface area contributed by atoms with E-state index in [0.29, 0.717) is 6.54 Å². The van der Waals surface area contributed by atoms with E-state index < -0.39 is 16.1 Å². The summed E-state index contributed by atoms with van der Waals surface area (Å²) in [5.74, 6) is -0.541. The highest BCUT2D eigenvalue weighted by molar-refractivity contribution is 7.91. The topological polar surface area (TPSA) is 88.2 Å². The molecule has 6 nitrogen and oxygen atoms in total. The van der Waals surface area contributed by atoms with Crippen LogP contribution in [0.2, 0.25) is 0 Å². The molecule has 130 valence electrons. The molecule has 0 aromatic carbocycles. The third kappa shape index (κ3) is 4.86. The van der Waals surface area contributed by atoms with Crippen LogP contribution in [0.25, 0.3) is 0 Å². The predicted octanol–water partition coefficient (Wildman–Crippen LogP) is 2.07. The van der Waals surface area contributed by atoms with Gasteiger partial charge in [0.25, 0.3) is 10.0 Å². The van der Waals surface area contributed by atoms with Gasteiger partial charge in [0.05, 0.1) is 0 Å². The van der Waals surface area contributed by atoms with Gasteiger partial charge in [0.2, 0.25) is 5.91 Å². The summed E-state index contributed by atoms with van der Waals surface area (Å²) in [6.07, 6.45) is 3.31. The van der Waals surface area contributed by atoms with Crippen molar-refractivity contribution < 1.29 is 13.2 Å². The predicted molar refractivity (Wildman–Crippen MR) is 94.1 cm³/mol. The lowest BCUT2D eigenvalue weighted by molar-refractivity contribution is -0.123. The van der Waals surface area contributed by atoms with Crippen LogP contribution in [0.4, 0.5) is 0 Å². The van der Waals surface area contributed by atoms with Gasteiger partial charge >= 0.3 is 0 Å². The van der Waals surface area contributed by atoms with E-state index in [4.69, 9.17) is 0 Å². The Bertz CT molecular complexity index is 786. The van der Waals surface area contributed by atoms with Crippen LogP contribution in [0, 0.1) is 12.8 Å². The summed E-state index contributed by atoms with van der Waals surface area (Å²) in [6.45, 7) is 5.74. The van der Waals surface area contributed by atoms with E-state index in [9.17, 15) is 13.2 Å². The normalized spacial score (nSPS) is 13.0. The lowest BCUT2D eigenvalue weighted by Gasteiger charge is -2.21. The van der Waals surface area contributed by atoms with Crippen molar-refractivity contribution in [3.05, 3.63) is 47.1 Å². The first kappa shape index (κ1) is 18.6. The van der Waals surface area contributed by atoms with E-state index >= 15 is 0 Å². The second-order valence-corrected chi connectivity index (χ2v) is 9.02. The van der Waals surface area contributed by atoms with E-state index in [1.807, 2.05) is 13.0 Å².